The van der Waals surface area contributed by atoms with Gasteiger partial charge in [0.1, 0.15) is 42.9 Å². The molecule has 4 rings (SSSR count). The van der Waals surface area contributed by atoms with Crippen LogP contribution < -0.4 is 16.0 Å². The lowest BCUT2D eigenvalue weighted by Gasteiger charge is -2.34. The summed E-state index contributed by atoms with van der Waals surface area (Å²) in [4.78, 5) is 98.8. The number of esters is 1. The minimum absolute atomic E-state index is 0.0243. The van der Waals surface area contributed by atoms with E-state index in [0.29, 0.717) is 43.2 Å². The molecule has 0 unspecified atom stereocenters. The predicted octanol–water partition coefficient (Wildman–Crippen LogP) is 0.707. The van der Waals surface area contributed by atoms with Crippen molar-refractivity contribution >= 4 is 41.4 Å². The van der Waals surface area contributed by atoms with Crippen molar-refractivity contribution in [1.82, 2.24) is 30.7 Å². The zero-order valence-electron chi connectivity index (χ0n) is 30.3. The fourth-order valence-electron chi connectivity index (χ4n) is 6.66. The fraction of sp³-hybridized carbons (Fsp3) is 0.568. The van der Waals surface area contributed by atoms with E-state index < -0.39 is 84.3 Å². The van der Waals surface area contributed by atoms with Gasteiger partial charge >= 0.3 is 5.97 Å². The molecule has 6 atom stereocenters. The van der Waals surface area contributed by atoms with Crippen LogP contribution in [-0.4, -0.2) is 119 Å². The number of nitriles is 1. The van der Waals surface area contributed by atoms with E-state index in [-0.39, 0.29) is 19.5 Å². The van der Waals surface area contributed by atoms with Gasteiger partial charge in [-0.15, -0.1) is 0 Å². The van der Waals surface area contributed by atoms with E-state index >= 15 is 0 Å². The molecule has 15 heteroatoms. The first-order chi connectivity index (χ1) is 24.9. The monoisotopic (exact) mass is 719 g/mol. The highest BCUT2D eigenvalue weighted by atomic mass is 16.5. The molecule has 1 aromatic rings. The van der Waals surface area contributed by atoms with Gasteiger partial charge in [0, 0.05) is 26.6 Å². The van der Waals surface area contributed by atoms with Crippen molar-refractivity contribution in [2.24, 2.45) is 0 Å². The Labute approximate surface area is 304 Å². The number of rotatable bonds is 9. The lowest BCUT2D eigenvalue weighted by atomic mass is 10.0. The fourth-order valence-corrected chi connectivity index (χ4v) is 6.66. The SMILES string of the molecule is CCCCC=CC(=O)N[C@@H](Cc1cccc(C#N)c1)C(=O)N[C@H]1COC(=O)[C@@H]2CCCN2C(=O)[C@H](C)NC(=O)[C@H](C)N(C)C(=O)[C@@H]2CCCN2C1=O. The number of unbranched alkanes of at least 4 members (excludes halogenated alkanes) is 2. The molecule has 3 heterocycles. The Morgan fingerprint density at radius 1 is 1.04 bits per heavy atom. The van der Waals surface area contributed by atoms with Crippen LogP contribution in [0, 0.1) is 11.3 Å². The lowest BCUT2D eigenvalue weighted by molar-refractivity contribution is -0.158. The molecule has 0 bridgehead atoms. The van der Waals surface area contributed by atoms with E-state index in [1.54, 1.807) is 30.3 Å². The average Bonchev–Trinajstić information content (AvgIpc) is 3.84. The summed E-state index contributed by atoms with van der Waals surface area (Å²) < 4.78 is 5.63. The van der Waals surface area contributed by atoms with Crippen LogP contribution in [0.5, 0.6) is 0 Å². The van der Waals surface area contributed by atoms with E-state index in [2.05, 4.69) is 22.0 Å². The third-order valence-electron chi connectivity index (χ3n) is 9.80. The number of benzene rings is 1. The molecule has 3 saturated heterocycles. The molecule has 3 aliphatic rings. The highest BCUT2D eigenvalue weighted by Crippen LogP contribution is 2.23. The van der Waals surface area contributed by atoms with Crippen LogP contribution in [0.2, 0.25) is 0 Å². The molecule has 0 aromatic heterocycles. The standard InChI is InChI=1S/C37H49N7O8/c1-5-6-7-8-16-31(45)40-27(20-25-12-9-13-26(19-25)21-38)33(47)41-28-22-52-37(51)30-15-11-18-44(30)34(48)23(2)39-32(46)24(3)42(4)36(50)29-14-10-17-43(29)35(28)49/h8-9,12-13,16,19,23-24,27-30H,5-7,10-11,14-15,17-18,20,22H2,1-4H3,(H,39,46)(H,40,45)(H,41,47)/t23-,24-,27-,28-,29-,30-/m0/s1. The number of nitrogens with one attached hydrogen (secondary N) is 3. The van der Waals surface area contributed by atoms with Gasteiger partial charge in [-0.05, 0) is 69.7 Å². The van der Waals surface area contributed by atoms with Crippen molar-refractivity contribution in [3.63, 3.8) is 0 Å². The largest absolute Gasteiger partial charge is 0.461 e. The van der Waals surface area contributed by atoms with Gasteiger partial charge in [-0.2, -0.15) is 5.26 Å². The molecule has 0 radical (unpaired) electrons. The second kappa shape index (κ2) is 18.3. The van der Waals surface area contributed by atoms with Crippen molar-refractivity contribution in [3.8, 4) is 6.07 Å². The van der Waals surface area contributed by atoms with Crippen LogP contribution in [0.1, 0.15) is 76.8 Å². The van der Waals surface area contributed by atoms with Gasteiger partial charge in [0.05, 0.1) is 11.6 Å². The lowest BCUT2D eigenvalue weighted by Crippen LogP contribution is -2.60. The number of likely N-dealkylation sites (N-methyl/N-ethyl adjacent to an activating group) is 1. The third-order valence-corrected chi connectivity index (χ3v) is 9.80. The number of cyclic esters (lactones) is 1. The maximum Gasteiger partial charge on any atom is 0.328 e. The molecule has 3 aliphatic heterocycles. The van der Waals surface area contributed by atoms with E-state index in [4.69, 9.17) is 4.74 Å². The second-order valence-electron chi connectivity index (χ2n) is 13.5. The Balaban J connectivity index is 1.66. The molecule has 52 heavy (non-hydrogen) atoms. The number of hydrogen-bond donors (Lipinski definition) is 3. The Morgan fingerprint density at radius 2 is 1.73 bits per heavy atom. The molecule has 3 fully saturated rings. The number of allylic oxidation sites excluding steroid dienone is 1. The summed E-state index contributed by atoms with van der Waals surface area (Å²) >= 11 is 0. The Kier molecular flexibility index (Phi) is 13.9. The smallest absolute Gasteiger partial charge is 0.328 e. The van der Waals surface area contributed by atoms with Crippen molar-refractivity contribution < 1.29 is 38.3 Å². The third kappa shape index (κ3) is 9.74. The van der Waals surface area contributed by atoms with E-state index in [1.807, 2.05) is 6.92 Å². The van der Waals surface area contributed by atoms with Crippen LogP contribution in [0.15, 0.2) is 36.4 Å². The molecule has 1 aromatic carbocycles. The van der Waals surface area contributed by atoms with Gasteiger partial charge in [-0.1, -0.05) is 38.0 Å². The van der Waals surface area contributed by atoms with Gasteiger partial charge in [0.25, 0.3) is 0 Å². The van der Waals surface area contributed by atoms with Gasteiger partial charge < -0.3 is 35.4 Å². The number of fused-ring (bicyclic) bond motifs is 2. The Bertz CT molecular complexity index is 1610. The molecular formula is C37H49N7O8. The van der Waals surface area contributed by atoms with Crippen molar-refractivity contribution in [3.05, 3.63) is 47.5 Å². The molecule has 6 amide bonds. The first-order valence-electron chi connectivity index (χ1n) is 18.0. The van der Waals surface area contributed by atoms with Crippen molar-refractivity contribution in [1.29, 1.82) is 5.26 Å². The average molecular weight is 720 g/mol. The molecule has 15 nitrogen and oxygen atoms in total. The Morgan fingerprint density at radius 3 is 2.42 bits per heavy atom. The van der Waals surface area contributed by atoms with Gasteiger partial charge in [-0.3, -0.25) is 28.8 Å². The van der Waals surface area contributed by atoms with E-state index in [9.17, 15) is 38.8 Å². The van der Waals surface area contributed by atoms with Crippen LogP contribution in [0.3, 0.4) is 0 Å². The number of carbonyl (C=O) groups is 7. The quantitative estimate of drug-likeness (QED) is 0.187. The number of amides is 6. The summed E-state index contributed by atoms with van der Waals surface area (Å²) in [6.45, 7) is 4.89. The van der Waals surface area contributed by atoms with Crippen LogP contribution in [0.4, 0.5) is 0 Å². The summed E-state index contributed by atoms with van der Waals surface area (Å²) in [6.07, 6.45) is 7.10. The van der Waals surface area contributed by atoms with Crippen LogP contribution in [0.25, 0.3) is 0 Å². The molecule has 0 aliphatic carbocycles. The zero-order chi connectivity index (χ0) is 37.9. The van der Waals surface area contributed by atoms with Crippen LogP contribution >= 0.6 is 0 Å². The summed E-state index contributed by atoms with van der Waals surface area (Å²) in [6, 6.07) is 2.06. The molecule has 280 valence electrons. The number of carbonyl (C=O) groups excluding carboxylic acids is 7. The predicted molar refractivity (Wildman–Crippen MR) is 188 cm³/mol. The maximum atomic E-state index is 14.2. The summed E-state index contributed by atoms with van der Waals surface area (Å²) in [5, 5.41) is 17.4. The molecule has 0 saturated carbocycles. The topological polar surface area (TPSA) is 198 Å². The molecule has 0 spiro atoms. The summed E-state index contributed by atoms with van der Waals surface area (Å²) in [5.41, 5.74) is 0.939. The first kappa shape index (κ1) is 39.5. The number of hydrogen-bond acceptors (Lipinski definition) is 9. The summed E-state index contributed by atoms with van der Waals surface area (Å²) in [5.74, 6) is -4.31. The number of ether oxygens (including phenoxy) is 1. The highest BCUT2D eigenvalue weighted by molar-refractivity contribution is 5.98. The van der Waals surface area contributed by atoms with Gasteiger partial charge in [0.2, 0.25) is 35.4 Å². The number of nitrogens with zero attached hydrogens (tertiary/aromatic N) is 4. The normalized spacial score (nSPS) is 25.2. The zero-order valence-corrected chi connectivity index (χ0v) is 30.3. The minimum Gasteiger partial charge on any atom is -0.461 e. The van der Waals surface area contributed by atoms with Gasteiger partial charge in [0.15, 0.2) is 0 Å². The Hall–Kier alpha value is -5.26. The van der Waals surface area contributed by atoms with Crippen molar-refractivity contribution in [2.45, 2.75) is 108 Å². The second-order valence-corrected chi connectivity index (χ2v) is 13.5. The summed E-state index contributed by atoms with van der Waals surface area (Å²) in [7, 11) is 1.45. The highest BCUT2D eigenvalue weighted by Gasteiger charge is 2.43. The van der Waals surface area contributed by atoms with Crippen LogP contribution in [-0.2, 0) is 44.7 Å². The van der Waals surface area contributed by atoms with E-state index in [1.165, 1.54) is 41.7 Å². The first-order valence-corrected chi connectivity index (χ1v) is 18.0. The maximum absolute atomic E-state index is 14.2. The minimum atomic E-state index is -1.46. The molecule has 3 N–H and O–H groups in total. The molecular weight excluding hydrogens is 670 g/mol. The van der Waals surface area contributed by atoms with Crippen molar-refractivity contribution in [2.75, 3.05) is 26.7 Å². The van der Waals surface area contributed by atoms with E-state index in [0.717, 1.165) is 12.8 Å². The van der Waals surface area contributed by atoms with Gasteiger partial charge in [-0.25, -0.2) is 4.79 Å².